The number of piperidine rings is 1. The number of hydrogen-bond donors (Lipinski definition) is 1. The Hall–Kier alpha value is -2.32. The highest BCUT2D eigenvalue weighted by Gasteiger charge is 2.58. The lowest BCUT2D eigenvalue weighted by Crippen LogP contribution is -2.54. The number of carbonyl (C=O) groups excluding carboxylic acids is 4. The summed E-state index contributed by atoms with van der Waals surface area (Å²) >= 11 is 0. The lowest BCUT2D eigenvalue weighted by molar-refractivity contribution is -0.146. The van der Waals surface area contributed by atoms with Crippen LogP contribution >= 0.6 is 0 Å². The number of ether oxygens (including phenoxy) is 1. The lowest BCUT2D eigenvalue weighted by atomic mass is 10.00. The molecule has 1 aliphatic carbocycles. The van der Waals surface area contributed by atoms with E-state index in [1.54, 1.807) is 21.6 Å². The van der Waals surface area contributed by atoms with Crippen LogP contribution in [0, 0.1) is 5.41 Å². The van der Waals surface area contributed by atoms with Crippen molar-refractivity contribution in [2.24, 2.45) is 5.41 Å². The maximum Gasteiger partial charge on any atom is 0.409 e. The molecule has 0 aromatic heterocycles. The average molecular weight is 380 g/mol. The van der Waals surface area contributed by atoms with Gasteiger partial charge in [-0.05, 0) is 32.6 Å². The zero-order valence-corrected chi connectivity index (χ0v) is 15.8. The molecule has 0 bridgehead atoms. The van der Waals surface area contributed by atoms with E-state index >= 15 is 0 Å². The van der Waals surface area contributed by atoms with Gasteiger partial charge in [0.25, 0.3) is 0 Å². The molecule has 150 valence electrons. The van der Waals surface area contributed by atoms with Crippen LogP contribution in [-0.2, 0) is 19.1 Å². The summed E-state index contributed by atoms with van der Waals surface area (Å²) in [6, 6.07) is -0.0274. The van der Waals surface area contributed by atoms with Crippen molar-refractivity contribution < 1.29 is 23.9 Å². The van der Waals surface area contributed by atoms with Gasteiger partial charge in [0.05, 0.1) is 6.61 Å². The van der Waals surface area contributed by atoms with E-state index in [1.807, 2.05) is 0 Å². The highest BCUT2D eigenvalue weighted by atomic mass is 16.6. The van der Waals surface area contributed by atoms with E-state index in [2.05, 4.69) is 5.32 Å². The van der Waals surface area contributed by atoms with Crippen LogP contribution in [0.5, 0.6) is 0 Å². The Morgan fingerprint density at radius 2 is 1.67 bits per heavy atom. The fraction of sp³-hybridized carbons (Fsp3) is 0.778. The average Bonchev–Trinajstić information content (AvgIpc) is 3.50. The van der Waals surface area contributed by atoms with E-state index in [-0.39, 0.29) is 23.9 Å². The van der Waals surface area contributed by atoms with Crippen molar-refractivity contribution in [3.05, 3.63) is 0 Å². The number of piperazine rings is 1. The van der Waals surface area contributed by atoms with Gasteiger partial charge in [-0.3, -0.25) is 14.4 Å². The molecule has 2 saturated heterocycles. The van der Waals surface area contributed by atoms with E-state index in [0.717, 1.165) is 6.41 Å². The molecule has 1 N–H and O–H groups in total. The molecule has 0 spiro atoms. The maximum absolute atomic E-state index is 12.9. The largest absolute Gasteiger partial charge is 0.450 e. The number of carbonyl (C=O) groups is 4. The fourth-order valence-electron chi connectivity index (χ4n) is 3.74. The summed E-state index contributed by atoms with van der Waals surface area (Å²) in [7, 11) is 0. The van der Waals surface area contributed by atoms with Gasteiger partial charge < -0.3 is 24.8 Å². The van der Waals surface area contributed by atoms with E-state index in [9.17, 15) is 19.2 Å². The van der Waals surface area contributed by atoms with Gasteiger partial charge in [-0.2, -0.15) is 0 Å². The molecule has 27 heavy (non-hydrogen) atoms. The van der Waals surface area contributed by atoms with Gasteiger partial charge >= 0.3 is 6.09 Å². The van der Waals surface area contributed by atoms with Crippen molar-refractivity contribution in [1.82, 2.24) is 20.0 Å². The minimum atomic E-state index is -0.929. The van der Waals surface area contributed by atoms with Gasteiger partial charge in [0.1, 0.15) is 5.41 Å². The first-order valence-electron chi connectivity index (χ1n) is 9.71. The Balaban J connectivity index is 1.49. The summed E-state index contributed by atoms with van der Waals surface area (Å²) in [5.41, 5.74) is -0.929. The molecule has 0 aromatic rings. The molecule has 9 nitrogen and oxygen atoms in total. The minimum Gasteiger partial charge on any atom is -0.450 e. The van der Waals surface area contributed by atoms with Crippen LogP contribution in [0.25, 0.3) is 0 Å². The van der Waals surface area contributed by atoms with Crippen molar-refractivity contribution in [1.29, 1.82) is 0 Å². The van der Waals surface area contributed by atoms with Gasteiger partial charge in [-0.1, -0.05) is 0 Å². The number of likely N-dealkylation sites (tertiary alicyclic amines) is 1. The van der Waals surface area contributed by atoms with E-state index in [1.165, 1.54) is 0 Å². The third-order valence-corrected chi connectivity index (χ3v) is 5.70. The normalized spacial score (nSPS) is 22.2. The Bertz CT molecular complexity index is 591. The van der Waals surface area contributed by atoms with Gasteiger partial charge in [-0.15, -0.1) is 0 Å². The first-order chi connectivity index (χ1) is 13.0. The SMILES string of the molecule is CCOC(=O)N1CCC(NC(=O)C2(C(=O)N3CCN(C=O)CC3)CC2)CC1. The van der Waals surface area contributed by atoms with Crippen molar-refractivity contribution in [2.75, 3.05) is 45.9 Å². The molecular formula is C18H28N4O5. The van der Waals surface area contributed by atoms with Crippen LogP contribution in [0.3, 0.4) is 0 Å². The van der Waals surface area contributed by atoms with Crippen molar-refractivity contribution >= 4 is 24.3 Å². The number of nitrogens with one attached hydrogen (secondary N) is 1. The zero-order valence-electron chi connectivity index (χ0n) is 15.8. The predicted molar refractivity (Wildman–Crippen MR) is 95.6 cm³/mol. The molecule has 0 atom stereocenters. The van der Waals surface area contributed by atoms with E-state index < -0.39 is 5.41 Å². The quantitative estimate of drug-likeness (QED) is 0.526. The topological polar surface area (TPSA) is 99.3 Å². The Morgan fingerprint density at radius 1 is 1.04 bits per heavy atom. The first kappa shape index (κ1) is 19.4. The molecule has 4 amide bonds. The molecule has 3 fully saturated rings. The molecule has 2 heterocycles. The summed E-state index contributed by atoms with van der Waals surface area (Å²) in [6.07, 6.45) is 2.95. The summed E-state index contributed by atoms with van der Waals surface area (Å²) < 4.78 is 5.00. The van der Waals surface area contributed by atoms with Crippen LogP contribution in [0.15, 0.2) is 0 Å². The van der Waals surface area contributed by atoms with Crippen molar-refractivity contribution in [3.63, 3.8) is 0 Å². The monoisotopic (exact) mass is 380 g/mol. The highest BCUT2D eigenvalue weighted by molar-refractivity contribution is 6.08. The highest BCUT2D eigenvalue weighted by Crippen LogP contribution is 2.47. The summed E-state index contributed by atoms with van der Waals surface area (Å²) in [6.45, 7) is 5.18. The van der Waals surface area contributed by atoms with Crippen LogP contribution in [-0.4, -0.2) is 90.9 Å². The van der Waals surface area contributed by atoms with Crippen LogP contribution in [0.4, 0.5) is 4.79 Å². The molecule has 0 radical (unpaired) electrons. The number of hydrogen-bond acceptors (Lipinski definition) is 5. The predicted octanol–water partition coefficient (Wildman–Crippen LogP) is -0.196. The van der Waals surface area contributed by atoms with Gasteiger partial charge in [0.2, 0.25) is 18.2 Å². The second-order valence-corrected chi connectivity index (χ2v) is 7.45. The third kappa shape index (κ3) is 4.17. The molecule has 0 aromatic carbocycles. The summed E-state index contributed by atoms with van der Waals surface area (Å²) in [5.74, 6) is -0.311. The second kappa shape index (κ2) is 8.14. The molecule has 0 unspecified atom stereocenters. The van der Waals surface area contributed by atoms with Gasteiger partial charge in [0, 0.05) is 45.3 Å². The Morgan fingerprint density at radius 3 is 2.19 bits per heavy atom. The standard InChI is InChI=1S/C18H28N4O5/c1-2-27-17(26)22-7-3-14(4-8-22)19-15(24)18(5-6-18)16(25)21-11-9-20(13-23)10-12-21/h13-14H,2-12H2,1H3,(H,19,24). The van der Waals surface area contributed by atoms with Crippen molar-refractivity contribution in [3.8, 4) is 0 Å². The number of nitrogens with zero attached hydrogens (tertiary/aromatic N) is 3. The van der Waals surface area contributed by atoms with Crippen LogP contribution in [0.2, 0.25) is 0 Å². The molecule has 3 aliphatic rings. The summed E-state index contributed by atoms with van der Waals surface area (Å²) in [4.78, 5) is 53.2. The molecule has 1 saturated carbocycles. The maximum atomic E-state index is 12.9. The van der Waals surface area contributed by atoms with E-state index in [0.29, 0.717) is 71.6 Å². The molecule has 9 heteroatoms. The van der Waals surface area contributed by atoms with Crippen LogP contribution in [0.1, 0.15) is 32.6 Å². The first-order valence-corrected chi connectivity index (χ1v) is 9.71. The van der Waals surface area contributed by atoms with Crippen LogP contribution < -0.4 is 5.32 Å². The third-order valence-electron chi connectivity index (χ3n) is 5.70. The zero-order chi connectivity index (χ0) is 19.4. The molecular weight excluding hydrogens is 352 g/mol. The minimum absolute atomic E-state index is 0.0274. The van der Waals surface area contributed by atoms with E-state index in [4.69, 9.17) is 4.74 Å². The molecule has 2 aliphatic heterocycles. The molecule has 3 rings (SSSR count). The summed E-state index contributed by atoms with van der Waals surface area (Å²) in [5, 5.41) is 3.02. The lowest BCUT2D eigenvalue weighted by Gasteiger charge is -2.35. The number of amides is 4. The number of rotatable bonds is 5. The second-order valence-electron chi connectivity index (χ2n) is 7.45. The van der Waals surface area contributed by atoms with Crippen molar-refractivity contribution in [2.45, 2.75) is 38.6 Å². The Labute approximate surface area is 159 Å². The smallest absolute Gasteiger partial charge is 0.409 e. The van der Waals surface area contributed by atoms with Gasteiger partial charge in [-0.25, -0.2) is 4.79 Å². The van der Waals surface area contributed by atoms with Gasteiger partial charge in [0.15, 0.2) is 0 Å². The fourth-order valence-corrected chi connectivity index (χ4v) is 3.74. The Kier molecular flexibility index (Phi) is 5.86.